The first-order valence-electron chi connectivity index (χ1n) is 10.7. The molecule has 3 aromatic rings. The van der Waals surface area contributed by atoms with Crippen molar-refractivity contribution < 1.29 is 9.21 Å². The molecule has 158 valence electrons. The summed E-state index contributed by atoms with van der Waals surface area (Å²) in [6.45, 7) is 10.5. The molecule has 3 rings (SSSR count). The molecule has 0 aliphatic carbocycles. The SMILES string of the molecule is CCN(CC)c1ccc(NC(=O)CCc2ncc(-c3ccc(C(C)C)cc3)o2)cc1. The highest BCUT2D eigenvalue weighted by Gasteiger charge is 2.10. The standard InChI is InChI=1S/C25H31N3O2/c1-5-28(6-2)22-13-11-21(12-14-22)27-24(29)15-16-25-26-17-23(30-25)20-9-7-19(8-10-20)18(3)4/h7-14,17-18H,5-6,15-16H2,1-4H3,(H,27,29). The minimum absolute atomic E-state index is 0.0494. The second-order valence-corrected chi connectivity index (χ2v) is 7.66. The van der Waals surface area contributed by atoms with Crippen LogP contribution >= 0.6 is 0 Å². The Kier molecular flexibility index (Phi) is 7.28. The zero-order valence-electron chi connectivity index (χ0n) is 18.3. The fraction of sp³-hybridized carbons (Fsp3) is 0.360. The van der Waals surface area contributed by atoms with Crippen LogP contribution < -0.4 is 10.2 Å². The summed E-state index contributed by atoms with van der Waals surface area (Å²) in [5.74, 6) is 1.75. The molecule has 0 radical (unpaired) electrons. The lowest BCUT2D eigenvalue weighted by Crippen LogP contribution is -2.21. The first-order valence-corrected chi connectivity index (χ1v) is 10.7. The summed E-state index contributed by atoms with van der Waals surface area (Å²) in [7, 11) is 0. The predicted octanol–water partition coefficient (Wildman–Crippen LogP) is 5.88. The molecule has 2 aromatic carbocycles. The molecule has 1 aromatic heterocycles. The molecule has 5 nitrogen and oxygen atoms in total. The highest BCUT2D eigenvalue weighted by atomic mass is 16.4. The largest absolute Gasteiger partial charge is 0.441 e. The van der Waals surface area contributed by atoms with E-state index in [2.05, 4.69) is 55.0 Å². The van der Waals surface area contributed by atoms with Crippen LogP contribution in [0.4, 0.5) is 11.4 Å². The van der Waals surface area contributed by atoms with E-state index in [1.165, 1.54) is 5.56 Å². The van der Waals surface area contributed by atoms with E-state index in [1.54, 1.807) is 6.20 Å². The molecule has 1 amide bonds. The Hall–Kier alpha value is -3.08. The number of aromatic nitrogens is 1. The Morgan fingerprint density at radius 1 is 1.03 bits per heavy atom. The van der Waals surface area contributed by atoms with Gasteiger partial charge in [0.1, 0.15) is 0 Å². The maximum Gasteiger partial charge on any atom is 0.224 e. The number of benzene rings is 2. The minimum atomic E-state index is -0.0494. The van der Waals surface area contributed by atoms with E-state index in [0.717, 1.165) is 35.8 Å². The van der Waals surface area contributed by atoms with Crippen LogP contribution in [0.5, 0.6) is 0 Å². The van der Waals surface area contributed by atoms with Gasteiger partial charge in [0.15, 0.2) is 11.7 Å². The van der Waals surface area contributed by atoms with Gasteiger partial charge in [-0.2, -0.15) is 0 Å². The van der Waals surface area contributed by atoms with Crippen molar-refractivity contribution in [2.75, 3.05) is 23.3 Å². The van der Waals surface area contributed by atoms with Gasteiger partial charge in [0, 0.05) is 42.9 Å². The van der Waals surface area contributed by atoms with Crippen LogP contribution in [0, 0.1) is 0 Å². The number of nitrogens with one attached hydrogen (secondary N) is 1. The maximum atomic E-state index is 12.3. The van der Waals surface area contributed by atoms with Gasteiger partial charge in [-0.3, -0.25) is 4.79 Å². The smallest absolute Gasteiger partial charge is 0.224 e. The maximum absolute atomic E-state index is 12.3. The Labute approximate surface area is 179 Å². The number of hydrogen-bond donors (Lipinski definition) is 1. The molecule has 0 spiro atoms. The number of aryl methyl sites for hydroxylation is 1. The van der Waals surface area contributed by atoms with Crippen LogP contribution in [0.15, 0.2) is 59.1 Å². The van der Waals surface area contributed by atoms with Crippen LogP contribution in [-0.2, 0) is 11.2 Å². The molecule has 5 heteroatoms. The fourth-order valence-corrected chi connectivity index (χ4v) is 3.38. The number of anilines is 2. The lowest BCUT2D eigenvalue weighted by atomic mass is 10.0. The van der Waals surface area contributed by atoms with Gasteiger partial charge < -0.3 is 14.6 Å². The monoisotopic (exact) mass is 405 g/mol. The zero-order chi connectivity index (χ0) is 21.5. The van der Waals surface area contributed by atoms with Gasteiger partial charge in [0.05, 0.1) is 6.20 Å². The highest BCUT2D eigenvalue weighted by molar-refractivity contribution is 5.91. The number of nitrogens with zero attached hydrogens (tertiary/aromatic N) is 2. The van der Waals surface area contributed by atoms with E-state index in [0.29, 0.717) is 24.7 Å². The average molecular weight is 406 g/mol. The molecule has 0 saturated carbocycles. The van der Waals surface area contributed by atoms with Crippen LogP contribution in [0.25, 0.3) is 11.3 Å². The van der Waals surface area contributed by atoms with Crippen molar-refractivity contribution in [3.8, 4) is 11.3 Å². The van der Waals surface area contributed by atoms with Gasteiger partial charge in [0.25, 0.3) is 0 Å². The topological polar surface area (TPSA) is 58.4 Å². The van der Waals surface area contributed by atoms with Crippen molar-refractivity contribution in [2.45, 2.75) is 46.5 Å². The minimum Gasteiger partial charge on any atom is -0.441 e. The summed E-state index contributed by atoms with van der Waals surface area (Å²) in [4.78, 5) is 18.9. The van der Waals surface area contributed by atoms with Gasteiger partial charge in [-0.05, 0) is 49.6 Å². The first-order chi connectivity index (χ1) is 14.5. The van der Waals surface area contributed by atoms with Crippen LogP contribution in [0.3, 0.4) is 0 Å². The van der Waals surface area contributed by atoms with E-state index in [-0.39, 0.29) is 5.91 Å². The quantitative estimate of drug-likeness (QED) is 0.483. The van der Waals surface area contributed by atoms with Crippen molar-refractivity contribution >= 4 is 17.3 Å². The first kappa shape index (κ1) is 21.6. The Bertz CT molecular complexity index is 939. The van der Waals surface area contributed by atoms with Crippen molar-refractivity contribution in [3.05, 3.63) is 66.2 Å². The van der Waals surface area contributed by atoms with E-state index in [4.69, 9.17) is 4.42 Å². The van der Waals surface area contributed by atoms with Gasteiger partial charge >= 0.3 is 0 Å². The van der Waals surface area contributed by atoms with Crippen molar-refractivity contribution in [1.29, 1.82) is 0 Å². The molecule has 0 aliphatic rings. The van der Waals surface area contributed by atoms with E-state index in [1.807, 2.05) is 36.4 Å². The molecule has 0 fully saturated rings. The highest BCUT2D eigenvalue weighted by Crippen LogP contribution is 2.24. The normalized spacial score (nSPS) is 11.0. The number of carbonyl (C=O) groups is 1. The third-order valence-electron chi connectivity index (χ3n) is 5.26. The number of rotatable bonds is 9. The lowest BCUT2D eigenvalue weighted by molar-refractivity contribution is -0.116. The van der Waals surface area contributed by atoms with Gasteiger partial charge in [0.2, 0.25) is 5.91 Å². The Morgan fingerprint density at radius 3 is 2.30 bits per heavy atom. The third kappa shape index (κ3) is 5.50. The number of carbonyl (C=O) groups excluding carboxylic acids is 1. The van der Waals surface area contributed by atoms with Gasteiger partial charge in [-0.25, -0.2) is 4.98 Å². The van der Waals surface area contributed by atoms with Crippen molar-refractivity contribution in [3.63, 3.8) is 0 Å². The summed E-state index contributed by atoms with van der Waals surface area (Å²) in [5, 5.41) is 2.94. The fourth-order valence-electron chi connectivity index (χ4n) is 3.38. The van der Waals surface area contributed by atoms with Gasteiger partial charge in [-0.15, -0.1) is 0 Å². The van der Waals surface area contributed by atoms with Crippen molar-refractivity contribution in [2.24, 2.45) is 0 Å². The summed E-state index contributed by atoms with van der Waals surface area (Å²) < 4.78 is 5.84. The van der Waals surface area contributed by atoms with Gasteiger partial charge in [-0.1, -0.05) is 38.1 Å². The lowest BCUT2D eigenvalue weighted by Gasteiger charge is -2.21. The second-order valence-electron chi connectivity index (χ2n) is 7.66. The molecule has 0 aliphatic heterocycles. The molecule has 1 N–H and O–H groups in total. The summed E-state index contributed by atoms with van der Waals surface area (Å²) >= 11 is 0. The molecular formula is C25H31N3O2. The number of hydrogen-bond acceptors (Lipinski definition) is 4. The molecule has 0 unspecified atom stereocenters. The number of oxazole rings is 1. The third-order valence-corrected chi connectivity index (χ3v) is 5.26. The summed E-state index contributed by atoms with van der Waals surface area (Å²) in [6.07, 6.45) is 2.51. The average Bonchev–Trinajstić information content (AvgIpc) is 3.23. The van der Waals surface area contributed by atoms with E-state index < -0.39 is 0 Å². The van der Waals surface area contributed by atoms with Crippen LogP contribution in [0.1, 0.15) is 51.5 Å². The summed E-state index contributed by atoms with van der Waals surface area (Å²) in [5.41, 5.74) is 4.25. The zero-order valence-corrected chi connectivity index (χ0v) is 18.3. The molecule has 1 heterocycles. The predicted molar refractivity (Wildman–Crippen MR) is 123 cm³/mol. The van der Waals surface area contributed by atoms with Crippen LogP contribution in [0.2, 0.25) is 0 Å². The van der Waals surface area contributed by atoms with Crippen LogP contribution in [-0.4, -0.2) is 24.0 Å². The Morgan fingerprint density at radius 2 is 1.70 bits per heavy atom. The Balaban J connectivity index is 1.53. The molecule has 0 atom stereocenters. The molecule has 30 heavy (non-hydrogen) atoms. The van der Waals surface area contributed by atoms with E-state index >= 15 is 0 Å². The number of amides is 1. The van der Waals surface area contributed by atoms with E-state index in [9.17, 15) is 4.79 Å². The molecular weight excluding hydrogens is 374 g/mol. The summed E-state index contributed by atoms with van der Waals surface area (Å²) in [6, 6.07) is 16.3. The van der Waals surface area contributed by atoms with Crippen molar-refractivity contribution in [1.82, 2.24) is 4.98 Å². The molecule has 0 bridgehead atoms. The molecule has 0 saturated heterocycles. The second kappa shape index (κ2) is 10.1.